The van der Waals surface area contributed by atoms with E-state index in [-0.39, 0.29) is 28.6 Å². The summed E-state index contributed by atoms with van der Waals surface area (Å²) in [7, 11) is 0.328. The van der Waals surface area contributed by atoms with E-state index in [1.54, 1.807) is 0 Å². The second-order valence-electron chi connectivity index (χ2n) is 5.76. The van der Waals surface area contributed by atoms with Gasteiger partial charge in [-0.1, -0.05) is 5.16 Å². The molecule has 3 rings (SSSR count). The minimum absolute atomic E-state index is 0.0581. The highest BCUT2D eigenvalue weighted by Crippen LogP contribution is 2.27. The third kappa shape index (κ3) is 4.06. The van der Waals surface area contributed by atoms with Crippen LogP contribution < -0.4 is 4.74 Å². The van der Waals surface area contributed by atoms with Crippen LogP contribution in [0.15, 0.2) is 44.4 Å². The Labute approximate surface area is 165 Å². The summed E-state index contributed by atoms with van der Waals surface area (Å²) in [5, 5.41) is 7.50. The van der Waals surface area contributed by atoms with Gasteiger partial charge in [0.25, 0.3) is 5.89 Å². The molecule has 0 aliphatic heterocycles. The van der Waals surface area contributed by atoms with Gasteiger partial charge >= 0.3 is 5.97 Å². The zero-order valence-electron chi connectivity index (χ0n) is 15.3. The highest BCUT2D eigenvalue weighted by atomic mass is 32.2. The average molecular weight is 423 g/mol. The monoisotopic (exact) mass is 423 g/mol. The van der Waals surface area contributed by atoms with Gasteiger partial charge in [0.05, 0.1) is 18.2 Å². The number of benzene rings is 1. The van der Waals surface area contributed by atoms with Crippen molar-refractivity contribution in [2.75, 3.05) is 21.2 Å². The van der Waals surface area contributed by atoms with Gasteiger partial charge in [-0.3, -0.25) is 0 Å². The van der Waals surface area contributed by atoms with Crippen LogP contribution in [0.5, 0.6) is 5.75 Å². The lowest BCUT2D eigenvalue weighted by atomic mass is 10.2. The van der Waals surface area contributed by atoms with E-state index in [2.05, 4.69) is 10.1 Å². The van der Waals surface area contributed by atoms with Crippen molar-refractivity contribution >= 4 is 27.3 Å². The van der Waals surface area contributed by atoms with Crippen molar-refractivity contribution in [1.82, 2.24) is 14.4 Å². The number of sulfonamides is 1. The second kappa shape index (κ2) is 8.09. The van der Waals surface area contributed by atoms with Gasteiger partial charge in [-0.05, 0) is 29.6 Å². The van der Waals surface area contributed by atoms with E-state index in [4.69, 9.17) is 14.0 Å². The number of rotatable bonds is 7. The molecule has 0 aliphatic carbocycles. The highest BCUT2D eigenvalue weighted by molar-refractivity contribution is 7.89. The standard InChI is InChI=1S/C17H17N3O6S2/c1-20(2)28(22,23)14-8-11(4-5-13(14)24-3)17(21)25-9-15-18-16(26-19-15)12-6-7-27-10-12/h4-8,10H,9H2,1-3H3. The maximum atomic E-state index is 12.4. The first-order valence-corrected chi connectivity index (χ1v) is 10.3. The van der Waals surface area contributed by atoms with E-state index in [9.17, 15) is 13.2 Å². The molecule has 0 unspecified atom stereocenters. The van der Waals surface area contributed by atoms with Gasteiger partial charge in [-0.25, -0.2) is 17.5 Å². The van der Waals surface area contributed by atoms with Crippen molar-refractivity contribution in [3.63, 3.8) is 0 Å². The molecule has 3 aromatic rings. The zero-order valence-corrected chi connectivity index (χ0v) is 16.9. The summed E-state index contributed by atoms with van der Waals surface area (Å²) in [4.78, 5) is 16.4. The number of carbonyl (C=O) groups is 1. The number of hydrogen-bond donors (Lipinski definition) is 0. The minimum atomic E-state index is -3.80. The molecule has 0 amide bonds. The average Bonchev–Trinajstić information content (AvgIpc) is 3.36. The number of methoxy groups -OCH3 is 1. The van der Waals surface area contributed by atoms with E-state index in [0.29, 0.717) is 5.89 Å². The quantitative estimate of drug-likeness (QED) is 0.533. The van der Waals surface area contributed by atoms with Crippen molar-refractivity contribution in [3.05, 3.63) is 46.4 Å². The molecule has 28 heavy (non-hydrogen) atoms. The van der Waals surface area contributed by atoms with Gasteiger partial charge in [0, 0.05) is 19.5 Å². The lowest BCUT2D eigenvalue weighted by molar-refractivity contribution is 0.0459. The Balaban J connectivity index is 1.76. The summed E-state index contributed by atoms with van der Waals surface area (Å²) in [6.07, 6.45) is 0. The van der Waals surface area contributed by atoms with Crippen LogP contribution in [-0.2, 0) is 21.4 Å². The Bertz CT molecular complexity index is 1070. The summed E-state index contributed by atoms with van der Waals surface area (Å²) in [6, 6.07) is 5.86. The van der Waals surface area contributed by atoms with E-state index >= 15 is 0 Å². The first-order valence-electron chi connectivity index (χ1n) is 7.95. The normalized spacial score (nSPS) is 11.6. The molecule has 0 N–H and O–H groups in total. The van der Waals surface area contributed by atoms with Gasteiger partial charge in [0.2, 0.25) is 15.8 Å². The van der Waals surface area contributed by atoms with E-state index < -0.39 is 16.0 Å². The SMILES string of the molecule is COc1ccc(C(=O)OCc2noc(-c3ccsc3)n2)cc1S(=O)(=O)N(C)C. The summed E-state index contributed by atoms with van der Waals surface area (Å²) in [5.41, 5.74) is 0.839. The number of carbonyl (C=O) groups excluding carboxylic acids is 1. The topological polar surface area (TPSA) is 112 Å². The van der Waals surface area contributed by atoms with Crippen LogP contribution in [0.3, 0.4) is 0 Å². The summed E-state index contributed by atoms with van der Waals surface area (Å²) in [5.74, 6) is -0.0659. The lowest BCUT2D eigenvalue weighted by Gasteiger charge is -2.15. The predicted molar refractivity (Wildman–Crippen MR) is 101 cm³/mol. The van der Waals surface area contributed by atoms with Crippen molar-refractivity contribution in [2.24, 2.45) is 0 Å². The molecule has 0 bridgehead atoms. The molecule has 2 heterocycles. The molecule has 148 valence electrons. The van der Waals surface area contributed by atoms with Crippen LogP contribution >= 0.6 is 11.3 Å². The zero-order chi connectivity index (χ0) is 20.3. The molecule has 0 saturated carbocycles. The number of aromatic nitrogens is 2. The Morgan fingerprint density at radius 2 is 2.07 bits per heavy atom. The van der Waals surface area contributed by atoms with Crippen molar-refractivity contribution in [2.45, 2.75) is 11.5 Å². The van der Waals surface area contributed by atoms with Crippen LogP contribution in [0.25, 0.3) is 11.5 Å². The van der Waals surface area contributed by atoms with Gasteiger partial charge in [0.15, 0.2) is 6.61 Å². The molecule has 2 aromatic heterocycles. The van der Waals surface area contributed by atoms with Crippen LogP contribution in [0, 0.1) is 0 Å². The van der Waals surface area contributed by atoms with Crippen molar-refractivity contribution in [1.29, 1.82) is 0 Å². The number of nitrogens with zero attached hydrogens (tertiary/aromatic N) is 3. The molecule has 0 radical (unpaired) electrons. The van der Waals surface area contributed by atoms with Gasteiger partial charge in [-0.15, -0.1) is 0 Å². The molecule has 11 heteroatoms. The Kier molecular flexibility index (Phi) is 5.77. The fraction of sp³-hybridized carbons (Fsp3) is 0.235. The minimum Gasteiger partial charge on any atom is -0.495 e. The van der Waals surface area contributed by atoms with Crippen LogP contribution in [-0.4, -0.2) is 50.0 Å². The summed E-state index contributed by atoms with van der Waals surface area (Å²) < 4.78 is 41.3. The number of hydrogen-bond acceptors (Lipinski definition) is 9. The largest absolute Gasteiger partial charge is 0.495 e. The molecule has 0 atom stereocenters. The van der Waals surface area contributed by atoms with E-state index in [0.717, 1.165) is 9.87 Å². The molecule has 0 fully saturated rings. The molecule has 0 spiro atoms. The molecule has 1 aromatic carbocycles. The third-order valence-corrected chi connectivity index (χ3v) is 6.25. The van der Waals surface area contributed by atoms with Gasteiger partial charge < -0.3 is 14.0 Å². The first-order chi connectivity index (χ1) is 13.3. The number of esters is 1. The smallest absolute Gasteiger partial charge is 0.338 e. The van der Waals surface area contributed by atoms with E-state index in [1.165, 1.54) is 50.7 Å². The lowest BCUT2D eigenvalue weighted by Crippen LogP contribution is -2.23. The first kappa shape index (κ1) is 20.0. The van der Waals surface area contributed by atoms with Gasteiger partial charge in [-0.2, -0.15) is 16.3 Å². The molecular weight excluding hydrogens is 406 g/mol. The number of ether oxygens (including phenoxy) is 2. The predicted octanol–water partition coefficient (Wildman–Crippen LogP) is 2.41. The fourth-order valence-corrected chi connectivity index (χ4v) is 3.94. The maximum Gasteiger partial charge on any atom is 0.338 e. The summed E-state index contributed by atoms with van der Waals surface area (Å²) >= 11 is 1.49. The van der Waals surface area contributed by atoms with Crippen LogP contribution in [0.1, 0.15) is 16.2 Å². The fourth-order valence-electron chi connectivity index (χ4n) is 2.23. The Morgan fingerprint density at radius 3 is 2.71 bits per heavy atom. The van der Waals surface area contributed by atoms with Crippen LogP contribution in [0.2, 0.25) is 0 Å². The molecule has 0 aliphatic rings. The molecule has 9 nitrogen and oxygen atoms in total. The highest BCUT2D eigenvalue weighted by Gasteiger charge is 2.24. The number of thiophene rings is 1. The Hall–Kier alpha value is -2.76. The van der Waals surface area contributed by atoms with Gasteiger partial charge in [0.1, 0.15) is 10.6 Å². The molecule has 0 saturated heterocycles. The Morgan fingerprint density at radius 1 is 1.29 bits per heavy atom. The summed E-state index contributed by atoms with van der Waals surface area (Å²) in [6.45, 7) is -0.214. The molecular formula is C17H17N3O6S2. The second-order valence-corrected chi connectivity index (χ2v) is 8.66. The van der Waals surface area contributed by atoms with Crippen molar-refractivity contribution < 1.29 is 27.2 Å². The van der Waals surface area contributed by atoms with Crippen molar-refractivity contribution in [3.8, 4) is 17.2 Å². The van der Waals surface area contributed by atoms with E-state index in [1.807, 2.05) is 16.8 Å². The maximum absolute atomic E-state index is 12.4. The van der Waals surface area contributed by atoms with Crippen LogP contribution in [0.4, 0.5) is 0 Å². The third-order valence-electron chi connectivity index (χ3n) is 3.73.